The minimum atomic E-state index is 0.0589. The SMILES string of the molecule is CN1CCN(C(=O)c2cncc(Nc3ccc(N4CCCC4)cc3)c2)CC1. The van der Waals surface area contributed by atoms with Crippen molar-refractivity contribution < 1.29 is 4.79 Å². The van der Waals surface area contributed by atoms with Crippen LogP contribution in [0.2, 0.25) is 0 Å². The topological polar surface area (TPSA) is 51.7 Å². The zero-order valence-corrected chi connectivity index (χ0v) is 15.9. The van der Waals surface area contributed by atoms with Crippen molar-refractivity contribution in [1.82, 2.24) is 14.8 Å². The van der Waals surface area contributed by atoms with Crippen LogP contribution in [-0.2, 0) is 0 Å². The Labute approximate surface area is 160 Å². The van der Waals surface area contributed by atoms with Gasteiger partial charge in [-0.2, -0.15) is 0 Å². The third-order valence-electron chi connectivity index (χ3n) is 5.40. The molecule has 0 unspecified atom stereocenters. The van der Waals surface area contributed by atoms with Crippen LogP contribution >= 0.6 is 0 Å². The van der Waals surface area contributed by atoms with Gasteiger partial charge in [0, 0.05) is 56.8 Å². The molecule has 6 heteroatoms. The van der Waals surface area contributed by atoms with E-state index in [0.29, 0.717) is 5.56 Å². The van der Waals surface area contributed by atoms with Crippen LogP contribution < -0.4 is 10.2 Å². The van der Waals surface area contributed by atoms with E-state index in [4.69, 9.17) is 0 Å². The molecular formula is C21H27N5O. The second kappa shape index (κ2) is 7.96. The Bertz CT molecular complexity index is 777. The lowest BCUT2D eigenvalue weighted by atomic mass is 10.2. The van der Waals surface area contributed by atoms with E-state index in [-0.39, 0.29) is 5.91 Å². The van der Waals surface area contributed by atoms with E-state index < -0.39 is 0 Å². The van der Waals surface area contributed by atoms with Crippen LogP contribution in [0.1, 0.15) is 23.2 Å². The first kappa shape index (κ1) is 17.8. The average Bonchev–Trinajstić information content (AvgIpc) is 3.24. The van der Waals surface area contributed by atoms with Crippen LogP contribution in [0.15, 0.2) is 42.7 Å². The van der Waals surface area contributed by atoms with E-state index in [0.717, 1.165) is 50.6 Å². The summed E-state index contributed by atoms with van der Waals surface area (Å²) in [5.41, 5.74) is 3.75. The van der Waals surface area contributed by atoms with Gasteiger partial charge >= 0.3 is 0 Å². The molecule has 6 nitrogen and oxygen atoms in total. The van der Waals surface area contributed by atoms with Gasteiger partial charge in [-0.3, -0.25) is 9.78 Å². The van der Waals surface area contributed by atoms with Crippen molar-refractivity contribution in [3.63, 3.8) is 0 Å². The average molecular weight is 365 g/mol. The number of aromatic nitrogens is 1. The number of hydrogen-bond acceptors (Lipinski definition) is 5. The van der Waals surface area contributed by atoms with Gasteiger partial charge in [0.1, 0.15) is 0 Å². The molecule has 1 aromatic heterocycles. The number of amides is 1. The molecule has 0 atom stereocenters. The van der Waals surface area contributed by atoms with Gasteiger partial charge in [0.05, 0.1) is 17.4 Å². The molecule has 3 heterocycles. The molecule has 0 bridgehead atoms. The maximum absolute atomic E-state index is 12.7. The van der Waals surface area contributed by atoms with Crippen molar-refractivity contribution in [2.75, 3.05) is 56.5 Å². The summed E-state index contributed by atoms with van der Waals surface area (Å²) in [7, 11) is 2.09. The van der Waals surface area contributed by atoms with E-state index in [1.165, 1.54) is 18.5 Å². The van der Waals surface area contributed by atoms with Crippen molar-refractivity contribution in [2.45, 2.75) is 12.8 Å². The van der Waals surface area contributed by atoms with Gasteiger partial charge in [0.15, 0.2) is 0 Å². The Hall–Kier alpha value is -2.60. The van der Waals surface area contributed by atoms with Crippen LogP contribution in [0, 0.1) is 0 Å². The van der Waals surface area contributed by atoms with E-state index in [2.05, 4.69) is 51.4 Å². The summed E-state index contributed by atoms with van der Waals surface area (Å²) in [6, 6.07) is 10.4. The number of anilines is 3. The van der Waals surface area contributed by atoms with Crippen LogP contribution in [0.5, 0.6) is 0 Å². The fourth-order valence-corrected chi connectivity index (χ4v) is 3.71. The van der Waals surface area contributed by atoms with Gasteiger partial charge in [-0.25, -0.2) is 0 Å². The van der Waals surface area contributed by atoms with Crippen molar-refractivity contribution in [3.05, 3.63) is 48.3 Å². The Balaban J connectivity index is 1.42. The van der Waals surface area contributed by atoms with Crippen LogP contribution in [0.4, 0.5) is 17.1 Å². The molecule has 2 aromatic rings. The molecule has 142 valence electrons. The van der Waals surface area contributed by atoms with Crippen molar-refractivity contribution in [1.29, 1.82) is 0 Å². The molecule has 1 aromatic carbocycles. The van der Waals surface area contributed by atoms with Gasteiger partial charge in [-0.1, -0.05) is 0 Å². The summed E-state index contributed by atoms with van der Waals surface area (Å²) in [5, 5.41) is 3.37. The first-order valence-corrected chi connectivity index (χ1v) is 9.74. The smallest absolute Gasteiger partial charge is 0.255 e. The Morgan fingerprint density at radius 2 is 1.63 bits per heavy atom. The number of pyridine rings is 1. The number of carbonyl (C=O) groups is 1. The highest BCUT2D eigenvalue weighted by atomic mass is 16.2. The zero-order valence-electron chi connectivity index (χ0n) is 15.9. The summed E-state index contributed by atoms with van der Waals surface area (Å²) in [6.45, 7) is 5.66. The van der Waals surface area contributed by atoms with Crippen molar-refractivity contribution >= 4 is 23.0 Å². The lowest BCUT2D eigenvalue weighted by Crippen LogP contribution is -2.47. The monoisotopic (exact) mass is 365 g/mol. The van der Waals surface area contributed by atoms with E-state index >= 15 is 0 Å². The van der Waals surface area contributed by atoms with E-state index in [1.807, 2.05) is 11.0 Å². The number of nitrogens with zero attached hydrogens (tertiary/aromatic N) is 4. The third kappa shape index (κ3) is 4.22. The summed E-state index contributed by atoms with van der Waals surface area (Å²) < 4.78 is 0. The van der Waals surface area contributed by atoms with Gasteiger partial charge in [0.25, 0.3) is 5.91 Å². The summed E-state index contributed by atoms with van der Waals surface area (Å²) >= 11 is 0. The van der Waals surface area contributed by atoms with Crippen molar-refractivity contribution in [3.8, 4) is 0 Å². The molecule has 4 rings (SSSR count). The molecule has 2 aliphatic heterocycles. The number of piperazine rings is 1. The molecule has 27 heavy (non-hydrogen) atoms. The van der Waals surface area contributed by atoms with E-state index in [9.17, 15) is 4.79 Å². The number of nitrogens with one attached hydrogen (secondary N) is 1. The number of rotatable bonds is 4. The first-order valence-electron chi connectivity index (χ1n) is 9.74. The maximum atomic E-state index is 12.7. The molecule has 0 radical (unpaired) electrons. The van der Waals surface area contributed by atoms with Gasteiger partial charge in [-0.15, -0.1) is 0 Å². The molecule has 0 aliphatic carbocycles. The molecule has 0 spiro atoms. The number of likely N-dealkylation sites (N-methyl/N-ethyl adjacent to an activating group) is 1. The zero-order chi connectivity index (χ0) is 18.6. The van der Waals surface area contributed by atoms with Gasteiger partial charge < -0.3 is 20.0 Å². The Morgan fingerprint density at radius 1 is 0.926 bits per heavy atom. The van der Waals surface area contributed by atoms with Crippen LogP contribution in [0.25, 0.3) is 0 Å². The predicted molar refractivity (Wildman–Crippen MR) is 109 cm³/mol. The Morgan fingerprint density at radius 3 is 2.33 bits per heavy atom. The Kier molecular flexibility index (Phi) is 5.25. The minimum Gasteiger partial charge on any atom is -0.372 e. The van der Waals surface area contributed by atoms with Crippen LogP contribution in [0.3, 0.4) is 0 Å². The summed E-state index contributed by atoms with van der Waals surface area (Å²) in [5.74, 6) is 0.0589. The third-order valence-corrected chi connectivity index (χ3v) is 5.40. The highest BCUT2D eigenvalue weighted by Gasteiger charge is 2.20. The minimum absolute atomic E-state index is 0.0589. The van der Waals surface area contributed by atoms with E-state index in [1.54, 1.807) is 12.4 Å². The van der Waals surface area contributed by atoms with Gasteiger partial charge in [-0.05, 0) is 50.2 Å². The quantitative estimate of drug-likeness (QED) is 0.903. The molecule has 2 aliphatic rings. The summed E-state index contributed by atoms with van der Waals surface area (Å²) in [4.78, 5) is 23.6. The summed E-state index contributed by atoms with van der Waals surface area (Å²) in [6.07, 6.45) is 5.97. The highest BCUT2D eigenvalue weighted by molar-refractivity contribution is 5.95. The first-order chi connectivity index (χ1) is 13.2. The fourth-order valence-electron chi connectivity index (χ4n) is 3.71. The van der Waals surface area contributed by atoms with Gasteiger partial charge in [0.2, 0.25) is 0 Å². The predicted octanol–water partition coefficient (Wildman–Crippen LogP) is 2.81. The second-order valence-corrected chi connectivity index (χ2v) is 7.42. The second-order valence-electron chi connectivity index (χ2n) is 7.42. The molecule has 1 N–H and O–H groups in total. The number of hydrogen-bond donors (Lipinski definition) is 1. The molecule has 1 amide bonds. The highest BCUT2D eigenvalue weighted by Crippen LogP contribution is 2.24. The molecule has 2 fully saturated rings. The number of carbonyl (C=O) groups excluding carboxylic acids is 1. The lowest BCUT2D eigenvalue weighted by Gasteiger charge is -2.32. The molecule has 2 saturated heterocycles. The fraction of sp³-hybridized carbons (Fsp3) is 0.429. The largest absolute Gasteiger partial charge is 0.372 e. The maximum Gasteiger partial charge on any atom is 0.255 e. The number of benzene rings is 1. The van der Waals surface area contributed by atoms with Crippen LogP contribution in [-0.4, -0.2) is 67.0 Å². The molecule has 0 saturated carbocycles. The standard InChI is InChI=1S/C21H27N5O/c1-24-10-12-26(13-11-24)21(27)17-14-19(16-22-15-17)23-18-4-6-20(7-5-18)25-8-2-3-9-25/h4-7,14-16,23H,2-3,8-13H2,1H3. The molecular weight excluding hydrogens is 338 g/mol. The normalized spacial score (nSPS) is 18.0. The van der Waals surface area contributed by atoms with Crippen molar-refractivity contribution in [2.24, 2.45) is 0 Å². The lowest BCUT2D eigenvalue weighted by molar-refractivity contribution is 0.0663.